The molecule has 0 unspecified atom stereocenters. The molecule has 3 heteroatoms. The third-order valence-electron chi connectivity index (χ3n) is 3.63. The fourth-order valence-electron chi connectivity index (χ4n) is 2.66. The summed E-state index contributed by atoms with van der Waals surface area (Å²) in [5.74, 6) is 1.71. The van der Waals surface area contributed by atoms with Crippen LogP contribution < -0.4 is 5.73 Å². The van der Waals surface area contributed by atoms with E-state index in [1.807, 2.05) is 18.2 Å². The van der Waals surface area contributed by atoms with Crippen LogP contribution in [-0.4, -0.2) is 9.55 Å². The highest BCUT2D eigenvalue weighted by molar-refractivity contribution is 5.79. The number of fused-ring (bicyclic) bond motifs is 1. The molecule has 21 heavy (non-hydrogen) atoms. The van der Waals surface area contributed by atoms with E-state index in [4.69, 9.17) is 10.7 Å². The molecule has 0 amide bonds. The molecular weight excluding hydrogens is 258 g/mol. The highest BCUT2D eigenvalue weighted by atomic mass is 15.1. The third kappa shape index (κ3) is 2.92. The van der Waals surface area contributed by atoms with Gasteiger partial charge in [-0.1, -0.05) is 44.2 Å². The van der Waals surface area contributed by atoms with Crippen molar-refractivity contribution in [2.24, 2.45) is 5.92 Å². The van der Waals surface area contributed by atoms with Gasteiger partial charge in [-0.2, -0.15) is 0 Å². The van der Waals surface area contributed by atoms with Crippen LogP contribution in [0.2, 0.25) is 0 Å². The average Bonchev–Trinajstić information content (AvgIpc) is 2.76. The lowest BCUT2D eigenvalue weighted by Crippen LogP contribution is -2.08. The summed E-state index contributed by atoms with van der Waals surface area (Å²) in [6.45, 7) is 5.30. The van der Waals surface area contributed by atoms with Crippen molar-refractivity contribution in [2.75, 3.05) is 5.73 Å². The highest BCUT2D eigenvalue weighted by Gasteiger charge is 2.12. The number of nitrogens with two attached hydrogens (primary N) is 1. The largest absolute Gasteiger partial charge is 0.399 e. The zero-order chi connectivity index (χ0) is 14.8. The Bertz CT molecular complexity index is 742. The van der Waals surface area contributed by atoms with Crippen LogP contribution >= 0.6 is 0 Å². The van der Waals surface area contributed by atoms with Crippen molar-refractivity contribution in [3.63, 3.8) is 0 Å². The van der Waals surface area contributed by atoms with Gasteiger partial charge in [0.05, 0.1) is 11.0 Å². The van der Waals surface area contributed by atoms with Crippen LogP contribution in [0.15, 0.2) is 48.5 Å². The summed E-state index contributed by atoms with van der Waals surface area (Å²) in [4.78, 5) is 4.79. The van der Waals surface area contributed by atoms with Gasteiger partial charge in [0.2, 0.25) is 0 Å². The summed E-state index contributed by atoms with van der Waals surface area (Å²) in [7, 11) is 0. The van der Waals surface area contributed by atoms with E-state index in [9.17, 15) is 0 Å². The Morgan fingerprint density at radius 2 is 1.86 bits per heavy atom. The molecule has 0 aliphatic heterocycles. The van der Waals surface area contributed by atoms with E-state index >= 15 is 0 Å². The Kier molecular flexibility index (Phi) is 3.65. The SMILES string of the molecule is CC(C)Cc1nc2cc(N)ccc2n1Cc1ccccc1. The fourth-order valence-corrected chi connectivity index (χ4v) is 2.66. The molecule has 0 saturated heterocycles. The van der Waals surface area contributed by atoms with E-state index in [2.05, 4.69) is 48.7 Å². The molecule has 0 bridgehead atoms. The summed E-state index contributed by atoms with van der Waals surface area (Å²) in [6.07, 6.45) is 0.974. The summed E-state index contributed by atoms with van der Waals surface area (Å²) in [5.41, 5.74) is 10.1. The Balaban J connectivity index is 2.08. The minimum absolute atomic E-state index is 0.577. The smallest absolute Gasteiger partial charge is 0.110 e. The molecule has 0 atom stereocenters. The van der Waals surface area contributed by atoms with Gasteiger partial charge in [-0.05, 0) is 29.7 Å². The molecule has 3 aromatic rings. The summed E-state index contributed by atoms with van der Waals surface area (Å²) >= 11 is 0. The minimum atomic E-state index is 0.577. The number of imidazole rings is 1. The highest BCUT2D eigenvalue weighted by Crippen LogP contribution is 2.22. The maximum Gasteiger partial charge on any atom is 0.110 e. The molecule has 2 N–H and O–H groups in total. The van der Waals surface area contributed by atoms with Gasteiger partial charge in [0.1, 0.15) is 5.82 Å². The van der Waals surface area contributed by atoms with Crippen molar-refractivity contribution in [3.05, 3.63) is 59.9 Å². The van der Waals surface area contributed by atoms with Gasteiger partial charge < -0.3 is 10.3 Å². The normalized spacial score (nSPS) is 11.4. The molecule has 1 aromatic heterocycles. The first-order valence-electron chi connectivity index (χ1n) is 7.42. The zero-order valence-electron chi connectivity index (χ0n) is 12.6. The second kappa shape index (κ2) is 5.60. The second-order valence-electron chi connectivity index (χ2n) is 5.95. The Hall–Kier alpha value is -2.29. The molecule has 2 aromatic carbocycles. The number of hydrogen-bond acceptors (Lipinski definition) is 2. The molecule has 3 rings (SSSR count). The molecule has 108 valence electrons. The molecule has 0 saturated carbocycles. The Morgan fingerprint density at radius 1 is 1.10 bits per heavy atom. The van der Waals surface area contributed by atoms with Crippen molar-refractivity contribution >= 4 is 16.7 Å². The predicted octanol–water partition coefficient (Wildman–Crippen LogP) is 3.87. The van der Waals surface area contributed by atoms with E-state index in [1.165, 1.54) is 5.56 Å². The molecule has 0 spiro atoms. The standard InChI is InChI=1S/C18H21N3/c1-13(2)10-18-20-16-11-15(19)8-9-17(16)21(18)12-14-6-4-3-5-7-14/h3-9,11,13H,10,12,19H2,1-2H3. The van der Waals surface area contributed by atoms with Crippen LogP contribution in [0.3, 0.4) is 0 Å². The number of benzene rings is 2. The van der Waals surface area contributed by atoms with Crippen LogP contribution in [0.4, 0.5) is 5.69 Å². The third-order valence-corrected chi connectivity index (χ3v) is 3.63. The van der Waals surface area contributed by atoms with Crippen molar-refractivity contribution in [1.82, 2.24) is 9.55 Å². The number of nitrogen functional groups attached to an aromatic ring is 1. The predicted molar refractivity (Wildman–Crippen MR) is 88.2 cm³/mol. The first kappa shape index (κ1) is 13.7. The van der Waals surface area contributed by atoms with Crippen LogP contribution in [0.1, 0.15) is 25.2 Å². The van der Waals surface area contributed by atoms with Crippen LogP contribution in [0, 0.1) is 5.92 Å². The molecular formula is C18H21N3. The van der Waals surface area contributed by atoms with Crippen LogP contribution in [0.25, 0.3) is 11.0 Å². The van der Waals surface area contributed by atoms with Crippen molar-refractivity contribution in [2.45, 2.75) is 26.8 Å². The van der Waals surface area contributed by atoms with Gasteiger partial charge >= 0.3 is 0 Å². The van der Waals surface area contributed by atoms with Gasteiger partial charge in [0.25, 0.3) is 0 Å². The lowest BCUT2D eigenvalue weighted by Gasteiger charge is -2.11. The number of aromatic nitrogens is 2. The molecule has 1 heterocycles. The lowest BCUT2D eigenvalue weighted by atomic mass is 10.1. The van der Waals surface area contributed by atoms with E-state index in [0.29, 0.717) is 5.92 Å². The van der Waals surface area contributed by atoms with E-state index in [-0.39, 0.29) is 0 Å². The van der Waals surface area contributed by atoms with Gasteiger partial charge in [-0.3, -0.25) is 0 Å². The summed E-state index contributed by atoms with van der Waals surface area (Å²) in [6, 6.07) is 16.5. The number of anilines is 1. The maximum absolute atomic E-state index is 5.89. The molecule has 3 nitrogen and oxygen atoms in total. The van der Waals surface area contributed by atoms with Gasteiger partial charge in [-0.25, -0.2) is 4.98 Å². The second-order valence-corrected chi connectivity index (χ2v) is 5.95. The Labute approximate surface area is 125 Å². The number of hydrogen-bond donors (Lipinski definition) is 1. The number of rotatable bonds is 4. The van der Waals surface area contributed by atoms with Gasteiger partial charge in [-0.15, -0.1) is 0 Å². The molecule has 0 aliphatic carbocycles. The lowest BCUT2D eigenvalue weighted by molar-refractivity contribution is 0.595. The summed E-state index contributed by atoms with van der Waals surface area (Å²) in [5, 5.41) is 0. The van der Waals surface area contributed by atoms with Crippen molar-refractivity contribution in [1.29, 1.82) is 0 Å². The van der Waals surface area contributed by atoms with Gasteiger partial charge in [0, 0.05) is 18.7 Å². The average molecular weight is 279 g/mol. The molecule has 0 fully saturated rings. The van der Waals surface area contributed by atoms with E-state index in [1.54, 1.807) is 0 Å². The Morgan fingerprint density at radius 3 is 2.57 bits per heavy atom. The van der Waals surface area contributed by atoms with E-state index in [0.717, 1.165) is 35.5 Å². The maximum atomic E-state index is 5.89. The zero-order valence-corrected chi connectivity index (χ0v) is 12.6. The van der Waals surface area contributed by atoms with Crippen molar-refractivity contribution in [3.8, 4) is 0 Å². The fraction of sp³-hybridized carbons (Fsp3) is 0.278. The first-order valence-corrected chi connectivity index (χ1v) is 7.42. The number of nitrogens with zero attached hydrogens (tertiary/aromatic N) is 2. The summed E-state index contributed by atoms with van der Waals surface area (Å²) < 4.78 is 2.31. The van der Waals surface area contributed by atoms with Gasteiger partial charge in [0.15, 0.2) is 0 Å². The monoisotopic (exact) mass is 279 g/mol. The first-order chi connectivity index (χ1) is 10.1. The molecule has 0 radical (unpaired) electrons. The van der Waals surface area contributed by atoms with Crippen molar-refractivity contribution < 1.29 is 0 Å². The van der Waals surface area contributed by atoms with Crippen LogP contribution in [-0.2, 0) is 13.0 Å². The van der Waals surface area contributed by atoms with Crippen LogP contribution in [0.5, 0.6) is 0 Å². The molecule has 0 aliphatic rings. The van der Waals surface area contributed by atoms with E-state index < -0.39 is 0 Å². The quantitative estimate of drug-likeness (QED) is 0.737. The minimum Gasteiger partial charge on any atom is -0.399 e. The topological polar surface area (TPSA) is 43.8 Å².